The monoisotopic (exact) mass is 446 g/mol. The van der Waals surface area contributed by atoms with Crippen molar-refractivity contribution in [2.75, 3.05) is 23.3 Å². The molecule has 2 aromatic rings. The number of rotatable bonds is 5. The highest BCUT2D eigenvalue weighted by atomic mass is 16.2. The zero-order chi connectivity index (χ0) is 23.3. The van der Waals surface area contributed by atoms with E-state index in [9.17, 15) is 10.1 Å². The Bertz CT molecular complexity index is 983. The van der Waals surface area contributed by atoms with Crippen LogP contribution in [0.15, 0.2) is 36.5 Å². The predicted octanol–water partition coefficient (Wildman–Crippen LogP) is 5.20. The standard InChI is InChI=1S/C26H34N6O/c1-19(2)20-11-16-32(17-12-20)22-8-6-21(7-9-22)29-25(33)31-26(13-4-3-5-14-26)23-10-15-28-24(18-27)30-23/h6-10,15,19-20H,3-5,11-14,16-17H2,1-2H3,(H2,29,31,33). The molecule has 1 saturated carbocycles. The topological polar surface area (TPSA) is 93.9 Å². The Hall–Kier alpha value is -3.14. The normalized spacial score (nSPS) is 18.5. The van der Waals surface area contributed by atoms with Crippen LogP contribution in [-0.4, -0.2) is 29.1 Å². The zero-order valence-corrected chi connectivity index (χ0v) is 19.7. The van der Waals surface area contributed by atoms with E-state index in [1.54, 1.807) is 6.20 Å². The number of urea groups is 1. The fraction of sp³-hybridized carbons (Fsp3) is 0.538. The summed E-state index contributed by atoms with van der Waals surface area (Å²) in [6.45, 7) is 6.80. The third-order valence-corrected chi connectivity index (χ3v) is 7.28. The molecule has 0 spiro atoms. The Morgan fingerprint density at radius 3 is 2.45 bits per heavy atom. The van der Waals surface area contributed by atoms with Crippen molar-refractivity contribution in [3.8, 4) is 6.07 Å². The van der Waals surface area contributed by atoms with Gasteiger partial charge in [0, 0.05) is 30.7 Å². The second kappa shape index (κ2) is 10.2. The number of piperidine rings is 1. The van der Waals surface area contributed by atoms with Crippen molar-refractivity contribution < 1.29 is 4.79 Å². The number of nitrogens with zero attached hydrogens (tertiary/aromatic N) is 4. The van der Waals surface area contributed by atoms with Gasteiger partial charge in [-0.25, -0.2) is 14.8 Å². The molecule has 0 bridgehead atoms. The van der Waals surface area contributed by atoms with E-state index in [1.165, 1.54) is 18.5 Å². The van der Waals surface area contributed by atoms with Crippen molar-refractivity contribution >= 4 is 17.4 Å². The van der Waals surface area contributed by atoms with Gasteiger partial charge in [0.1, 0.15) is 6.07 Å². The molecule has 0 atom stereocenters. The molecule has 1 aliphatic heterocycles. The fourth-order valence-electron chi connectivity index (χ4n) is 5.24. The molecule has 0 radical (unpaired) electrons. The molecular formula is C26H34N6O. The lowest BCUT2D eigenvalue weighted by Gasteiger charge is -2.37. The van der Waals surface area contributed by atoms with Crippen molar-refractivity contribution in [2.24, 2.45) is 11.8 Å². The average Bonchev–Trinajstić information content (AvgIpc) is 2.85. The number of carbonyl (C=O) groups is 1. The lowest BCUT2D eigenvalue weighted by atomic mass is 9.79. The molecular weight excluding hydrogens is 412 g/mol. The SMILES string of the molecule is CC(C)C1CCN(c2ccc(NC(=O)NC3(c4ccnc(C#N)n4)CCCCC3)cc2)CC1. The quantitative estimate of drug-likeness (QED) is 0.658. The number of benzene rings is 1. The third kappa shape index (κ3) is 5.44. The van der Waals surface area contributed by atoms with Gasteiger partial charge in [-0.1, -0.05) is 33.1 Å². The summed E-state index contributed by atoms with van der Waals surface area (Å²) in [5, 5.41) is 15.4. The number of anilines is 2. The van der Waals surface area contributed by atoms with Crippen LogP contribution >= 0.6 is 0 Å². The zero-order valence-electron chi connectivity index (χ0n) is 19.7. The van der Waals surface area contributed by atoms with Crippen LogP contribution in [0.3, 0.4) is 0 Å². The maximum atomic E-state index is 13.0. The average molecular weight is 447 g/mol. The maximum Gasteiger partial charge on any atom is 0.319 e. The van der Waals surface area contributed by atoms with Gasteiger partial charge in [0.25, 0.3) is 0 Å². The van der Waals surface area contributed by atoms with Crippen molar-refractivity contribution in [2.45, 2.75) is 64.3 Å². The number of hydrogen-bond acceptors (Lipinski definition) is 5. The van der Waals surface area contributed by atoms with E-state index in [2.05, 4.69) is 51.5 Å². The van der Waals surface area contributed by atoms with Crippen molar-refractivity contribution in [3.63, 3.8) is 0 Å². The molecule has 1 aromatic heterocycles. The van der Waals surface area contributed by atoms with E-state index in [0.29, 0.717) is 5.69 Å². The van der Waals surface area contributed by atoms with Gasteiger partial charge < -0.3 is 15.5 Å². The van der Waals surface area contributed by atoms with Gasteiger partial charge in [0.05, 0.1) is 11.2 Å². The number of hydrogen-bond donors (Lipinski definition) is 2. The first kappa shape index (κ1) is 23.0. The minimum absolute atomic E-state index is 0.132. The van der Waals surface area contributed by atoms with Gasteiger partial charge in [0.15, 0.2) is 0 Å². The molecule has 33 heavy (non-hydrogen) atoms. The fourth-order valence-corrected chi connectivity index (χ4v) is 5.24. The third-order valence-electron chi connectivity index (χ3n) is 7.28. The van der Waals surface area contributed by atoms with Crippen LogP contribution in [0, 0.1) is 23.2 Å². The molecule has 0 unspecified atom stereocenters. The minimum Gasteiger partial charge on any atom is -0.372 e. The van der Waals surface area contributed by atoms with Crippen molar-refractivity contribution in [1.29, 1.82) is 5.26 Å². The summed E-state index contributed by atoms with van der Waals surface area (Å²) in [6.07, 6.45) is 8.82. The molecule has 7 heteroatoms. The highest BCUT2D eigenvalue weighted by molar-refractivity contribution is 5.90. The van der Waals surface area contributed by atoms with E-state index >= 15 is 0 Å². The maximum absolute atomic E-state index is 13.0. The first-order valence-electron chi connectivity index (χ1n) is 12.2. The van der Waals surface area contributed by atoms with Gasteiger partial charge in [-0.3, -0.25) is 0 Å². The molecule has 1 saturated heterocycles. The summed E-state index contributed by atoms with van der Waals surface area (Å²) in [5.41, 5.74) is 2.11. The molecule has 2 aliphatic rings. The first-order chi connectivity index (χ1) is 16.0. The first-order valence-corrected chi connectivity index (χ1v) is 12.2. The number of amides is 2. The minimum atomic E-state index is -0.572. The van der Waals surface area contributed by atoms with E-state index < -0.39 is 5.54 Å². The van der Waals surface area contributed by atoms with Crippen LogP contribution in [0.25, 0.3) is 0 Å². The Morgan fingerprint density at radius 1 is 1.12 bits per heavy atom. The molecule has 1 aromatic carbocycles. The van der Waals surface area contributed by atoms with Gasteiger partial charge in [-0.05, 0) is 67.9 Å². The van der Waals surface area contributed by atoms with Crippen molar-refractivity contribution in [1.82, 2.24) is 15.3 Å². The highest BCUT2D eigenvalue weighted by Gasteiger charge is 2.37. The Labute approximate surface area is 196 Å². The lowest BCUT2D eigenvalue weighted by molar-refractivity contribution is 0.209. The summed E-state index contributed by atoms with van der Waals surface area (Å²) in [6, 6.07) is 11.7. The van der Waals surface area contributed by atoms with Crippen molar-refractivity contribution in [3.05, 3.63) is 48.0 Å². The number of aromatic nitrogens is 2. The van der Waals surface area contributed by atoms with Crippen LogP contribution in [0.1, 0.15) is 70.3 Å². The summed E-state index contributed by atoms with van der Waals surface area (Å²) in [7, 11) is 0. The molecule has 2 amide bonds. The molecule has 2 N–H and O–H groups in total. The molecule has 2 fully saturated rings. The van der Waals surface area contributed by atoms with E-state index in [0.717, 1.165) is 62.7 Å². The molecule has 2 heterocycles. The largest absolute Gasteiger partial charge is 0.372 e. The molecule has 1 aliphatic carbocycles. The molecule has 7 nitrogen and oxygen atoms in total. The van der Waals surface area contributed by atoms with Crippen LogP contribution in [0.5, 0.6) is 0 Å². The Balaban J connectivity index is 1.40. The highest BCUT2D eigenvalue weighted by Crippen LogP contribution is 2.36. The van der Waals surface area contributed by atoms with Crippen LogP contribution in [0.2, 0.25) is 0 Å². The second-order valence-electron chi connectivity index (χ2n) is 9.71. The smallest absolute Gasteiger partial charge is 0.319 e. The predicted molar refractivity (Wildman–Crippen MR) is 130 cm³/mol. The molecule has 4 rings (SSSR count). The number of carbonyl (C=O) groups excluding carboxylic acids is 1. The lowest BCUT2D eigenvalue weighted by Crippen LogP contribution is -2.49. The van der Waals surface area contributed by atoms with Gasteiger partial charge in [0.2, 0.25) is 5.82 Å². The summed E-state index contributed by atoms with van der Waals surface area (Å²) >= 11 is 0. The van der Waals surface area contributed by atoms with E-state index in [1.807, 2.05) is 24.3 Å². The van der Waals surface area contributed by atoms with Crippen LogP contribution < -0.4 is 15.5 Å². The van der Waals surface area contributed by atoms with Gasteiger partial charge in [-0.15, -0.1) is 0 Å². The number of nitrogens with one attached hydrogen (secondary N) is 2. The Morgan fingerprint density at radius 2 is 1.82 bits per heavy atom. The summed E-state index contributed by atoms with van der Waals surface area (Å²) < 4.78 is 0. The van der Waals surface area contributed by atoms with Crippen LogP contribution in [-0.2, 0) is 5.54 Å². The Kier molecular flexibility index (Phi) is 7.12. The van der Waals surface area contributed by atoms with E-state index in [4.69, 9.17) is 0 Å². The second-order valence-corrected chi connectivity index (χ2v) is 9.71. The van der Waals surface area contributed by atoms with E-state index in [-0.39, 0.29) is 11.9 Å². The molecule has 174 valence electrons. The summed E-state index contributed by atoms with van der Waals surface area (Å²) in [5.74, 6) is 1.70. The van der Waals surface area contributed by atoms with Gasteiger partial charge >= 0.3 is 6.03 Å². The number of nitriles is 1. The van der Waals surface area contributed by atoms with Crippen LogP contribution in [0.4, 0.5) is 16.2 Å². The summed E-state index contributed by atoms with van der Waals surface area (Å²) in [4.78, 5) is 23.8. The van der Waals surface area contributed by atoms with Gasteiger partial charge in [-0.2, -0.15) is 5.26 Å².